The van der Waals surface area contributed by atoms with Gasteiger partial charge in [-0.2, -0.15) is 0 Å². The van der Waals surface area contributed by atoms with E-state index in [2.05, 4.69) is 11.0 Å². The van der Waals surface area contributed by atoms with E-state index >= 15 is 0 Å². The fraction of sp³-hybridized carbons (Fsp3) is 0.294. The Labute approximate surface area is 119 Å². The van der Waals surface area contributed by atoms with Crippen molar-refractivity contribution in [1.82, 2.24) is 4.90 Å². The predicted molar refractivity (Wildman–Crippen MR) is 79.5 cm³/mol. The van der Waals surface area contributed by atoms with E-state index in [9.17, 15) is 4.39 Å². The highest BCUT2D eigenvalue weighted by Crippen LogP contribution is 2.30. The van der Waals surface area contributed by atoms with Crippen LogP contribution < -0.4 is 5.73 Å². The first-order valence-corrected chi connectivity index (χ1v) is 7.03. The first kappa shape index (κ1) is 13.1. The van der Waals surface area contributed by atoms with Crippen molar-refractivity contribution in [2.75, 3.05) is 5.73 Å². The van der Waals surface area contributed by atoms with Crippen LogP contribution in [0.15, 0.2) is 48.5 Å². The maximum atomic E-state index is 13.0. The number of benzene rings is 2. The van der Waals surface area contributed by atoms with Gasteiger partial charge in [-0.1, -0.05) is 24.3 Å². The van der Waals surface area contributed by atoms with E-state index < -0.39 is 0 Å². The minimum Gasteiger partial charge on any atom is -0.399 e. The SMILES string of the molecule is Nc1cccc(CN(Cc2ccc(F)cc2)C2CC2)c1. The molecule has 1 saturated carbocycles. The maximum Gasteiger partial charge on any atom is 0.123 e. The van der Waals surface area contributed by atoms with E-state index in [4.69, 9.17) is 5.73 Å². The zero-order valence-corrected chi connectivity index (χ0v) is 11.4. The molecular formula is C17H19FN2. The molecule has 1 aliphatic rings. The van der Waals surface area contributed by atoms with Crippen LogP contribution in [0.3, 0.4) is 0 Å². The quantitative estimate of drug-likeness (QED) is 0.842. The van der Waals surface area contributed by atoms with Crippen LogP contribution in [-0.2, 0) is 13.1 Å². The molecule has 0 spiro atoms. The molecule has 0 amide bonds. The summed E-state index contributed by atoms with van der Waals surface area (Å²) in [6, 6.07) is 15.5. The molecule has 0 bridgehead atoms. The highest BCUT2D eigenvalue weighted by molar-refractivity contribution is 5.40. The molecule has 0 heterocycles. The summed E-state index contributed by atoms with van der Waals surface area (Å²) in [6.45, 7) is 1.76. The summed E-state index contributed by atoms with van der Waals surface area (Å²) in [6.07, 6.45) is 2.51. The molecule has 2 aromatic rings. The van der Waals surface area contributed by atoms with Gasteiger partial charge in [0.1, 0.15) is 5.82 Å². The molecule has 0 aliphatic heterocycles. The van der Waals surface area contributed by atoms with Crippen LogP contribution in [0.1, 0.15) is 24.0 Å². The normalized spacial score (nSPS) is 14.7. The molecule has 104 valence electrons. The van der Waals surface area contributed by atoms with Crippen molar-refractivity contribution >= 4 is 5.69 Å². The average molecular weight is 270 g/mol. The zero-order chi connectivity index (χ0) is 13.9. The summed E-state index contributed by atoms with van der Waals surface area (Å²) in [7, 11) is 0. The number of nitrogens with zero attached hydrogens (tertiary/aromatic N) is 1. The molecule has 0 saturated heterocycles. The lowest BCUT2D eigenvalue weighted by Gasteiger charge is -2.22. The van der Waals surface area contributed by atoms with Crippen molar-refractivity contribution in [1.29, 1.82) is 0 Å². The van der Waals surface area contributed by atoms with Gasteiger partial charge in [0.05, 0.1) is 0 Å². The lowest BCUT2D eigenvalue weighted by molar-refractivity contribution is 0.246. The summed E-state index contributed by atoms with van der Waals surface area (Å²) in [4.78, 5) is 2.45. The van der Waals surface area contributed by atoms with Gasteiger partial charge >= 0.3 is 0 Å². The lowest BCUT2D eigenvalue weighted by Crippen LogP contribution is -2.25. The molecule has 0 unspecified atom stereocenters. The first-order chi connectivity index (χ1) is 9.70. The van der Waals surface area contributed by atoms with E-state index in [0.29, 0.717) is 6.04 Å². The van der Waals surface area contributed by atoms with Gasteiger partial charge in [-0.3, -0.25) is 4.90 Å². The van der Waals surface area contributed by atoms with E-state index in [-0.39, 0.29) is 5.82 Å². The Morgan fingerprint density at radius 2 is 1.70 bits per heavy atom. The van der Waals surface area contributed by atoms with Crippen LogP contribution >= 0.6 is 0 Å². The van der Waals surface area contributed by atoms with Crippen molar-refractivity contribution in [3.05, 3.63) is 65.5 Å². The number of anilines is 1. The van der Waals surface area contributed by atoms with Crippen molar-refractivity contribution in [2.24, 2.45) is 0 Å². The Hall–Kier alpha value is -1.87. The first-order valence-electron chi connectivity index (χ1n) is 7.03. The summed E-state index contributed by atoms with van der Waals surface area (Å²) in [5.74, 6) is -0.178. The fourth-order valence-electron chi connectivity index (χ4n) is 2.50. The molecule has 3 heteroatoms. The highest BCUT2D eigenvalue weighted by atomic mass is 19.1. The van der Waals surface area contributed by atoms with Crippen LogP contribution in [-0.4, -0.2) is 10.9 Å². The number of nitrogen functional groups attached to an aromatic ring is 1. The number of rotatable bonds is 5. The Kier molecular flexibility index (Phi) is 3.70. The van der Waals surface area contributed by atoms with E-state index in [0.717, 1.165) is 24.3 Å². The Morgan fingerprint density at radius 1 is 1.00 bits per heavy atom. The van der Waals surface area contributed by atoms with Crippen LogP contribution in [0.2, 0.25) is 0 Å². The topological polar surface area (TPSA) is 29.3 Å². The lowest BCUT2D eigenvalue weighted by atomic mass is 10.1. The van der Waals surface area contributed by atoms with E-state index in [1.807, 2.05) is 30.3 Å². The van der Waals surface area contributed by atoms with Crippen LogP contribution in [0.5, 0.6) is 0 Å². The van der Waals surface area contributed by atoms with Gasteiger partial charge in [0.15, 0.2) is 0 Å². The van der Waals surface area contributed by atoms with Gasteiger partial charge < -0.3 is 5.73 Å². The van der Waals surface area contributed by atoms with Crippen molar-refractivity contribution in [2.45, 2.75) is 32.0 Å². The van der Waals surface area contributed by atoms with Crippen LogP contribution in [0.25, 0.3) is 0 Å². The second kappa shape index (κ2) is 5.63. The number of hydrogen-bond donors (Lipinski definition) is 1. The largest absolute Gasteiger partial charge is 0.399 e. The third kappa shape index (κ3) is 3.36. The molecule has 20 heavy (non-hydrogen) atoms. The molecule has 2 nitrogen and oxygen atoms in total. The second-order valence-electron chi connectivity index (χ2n) is 5.51. The minimum atomic E-state index is -0.178. The molecule has 0 radical (unpaired) electrons. The minimum absolute atomic E-state index is 0.178. The summed E-state index contributed by atoms with van der Waals surface area (Å²) in [5, 5.41) is 0. The van der Waals surface area contributed by atoms with Gasteiger partial charge in [0, 0.05) is 24.8 Å². The standard InChI is InChI=1S/C17H19FN2/c18-15-6-4-13(5-7-15)11-20(17-8-9-17)12-14-2-1-3-16(19)10-14/h1-7,10,17H,8-9,11-12,19H2. The van der Waals surface area contributed by atoms with Gasteiger partial charge in [0.25, 0.3) is 0 Å². The third-order valence-electron chi connectivity index (χ3n) is 3.70. The summed E-state index contributed by atoms with van der Waals surface area (Å²) < 4.78 is 13.0. The molecule has 1 fully saturated rings. The van der Waals surface area contributed by atoms with Gasteiger partial charge in [-0.25, -0.2) is 4.39 Å². The summed E-state index contributed by atoms with van der Waals surface area (Å²) in [5.41, 5.74) is 9.03. The Morgan fingerprint density at radius 3 is 2.35 bits per heavy atom. The second-order valence-corrected chi connectivity index (χ2v) is 5.51. The number of hydrogen-bond acceptors (Lipinski definition) is 2. The maximum absolute atomic E-state index is 13.0. The van der Waals surface area contributed by atoms with Crippen molar-refractivity contribution < 1.29 is 4.39 Å². The van der Waals surface area contributed by atoms with Crippen LogP contribution in [0, 0.1) is 5.82 Å². The van der Waals surface area contributed by atoms with Gasteiger partial charge in [0.2, 0.25) is 0 Å². The van der Waals surface area contributed by atoms with E-state index in [1.54, 1.807) is 0 Å². The molecule has 1 aliphatic carbocycles. The summed E-state index contributed by atoms with van der Waals surface area (Å²) >= 11 is 0. The zero-order valence-electron chi connectivity index (χ0n) is 11.4. The molecular weight excluding hydrogens is 251 g/mol. The molecule has 0 atom stereocenters. The van der Waals surface area contributed by atoms with Gasteiger partial charge in [-0.15, -0.1) is 0 Å². The van der Waals surface area contributed by atoms with Crippen molar-refractivity contribution in [3.63, 3.8) is 0 Å². The monoisotopic (exact) mass is 270 g/mol. The highest BCUT2D eigenvalue weighted by Gasteiger charge is 2.28. The van der Waals surface area contributed by atoms with Crippen molar-refractivity contribution in [3.8, 4) is 0 Å². The third-order valence-corrected chi connectivity index (χ3v) is 3.70. The smallest absolute Gasteiger partial charge is 0.123 e. The molecule has 0 aromatic heterocycles. The Bertz CT molecular complexity index is 576. The predicted octanol–water partition coefficient (Wildman–Crippen LogP) is 3.57. The molecule has 2 aromatic carbocycles. The van der Waals surface area contributed by atoms with E-state index in [1.165, 1.54) is 30.5 Å². The Balaban J connectivity index is 1.71. The number of nitrogens with two attached hydrogens (primary N) is 1. The van der Waals surface area contributed by atoms with Gasteiger partial charge in [-0.05, 0) is 48.2 Å². The molecule has 2 N–H and O–H groups in total. The fourth-order valence-corrected chi connectivity index (χ4v) is 2.50. The molecule has 3 rings (SSSR count). The number of halogens is 1. The average Bonchev–Trinajstić information content (AvgIpc) is 3.25. The van der Waals surface area contributed by atoms with Crippen LogP contribution in [0.4, 0.5) is 10.1 Å².